The molecule has 0 amide bonds. The van der Waals surface area contributed by atoms with Gasteiger partial charge < -0.3 is 15.0 Å². The summed E-state index contributed by atoms with van der Waals surface area (Å²) in [6.07, 6.45) is 3.19. The van der Waals surface area contributed by atoms with Crippen molar-refractivity contribution in [1.82, 2.24) is 9.97 Å². The number of carbonyl (C=O) groups is 1. The molecule has 0 bridgehead atoms. The molecule has 3 aromatic rings. The van der Waals surface area contributed by atoms with Crippen LogP contribution in [-0.2, 0) is 4.74 Å². The minimum atomic E-state index is 0.00524. The molecular weight excluding hydrogens is 454 g/mol. The number of nitriles is 1. The first kappa shape index (κ1) is 23.0. The Morgan fingerprint density at radius 2 is 2.00 bits per heavy atom. The highest BCUT2D eigenvalue weighted by Crippen LogP contribution is 2.33. The number of nitrogens with zero attached hydrogens (tertiary/aromatic N) is 4. The number of anilines is 3. The van der Waals surface area contributed by atoms with Gasteiger partial charge in [0.15, 0.2) is 10.9 Å². The quantitative estimate of drug-likeness (QED) is 0.363. The van der Waals surface area contributed by atoms with Crippen molar-refractivity contribution in [3.05, 3.63) is 64.7 Å². The molecule has 9 heteroatoms. The van der Waals surface area contributed by atoms with Crippen molar-refractivity contribution in [2.45, 2.75) is 23.8 Å². The molecule has 1 aliphatic heterocycles. The first-order valence-corrected chi connectivity index (χ1v) is 12.1. The van der Waals surface area contributed by atoms with E-state index in [0.717, 1.165) is 34.3 Å². The molecule has 0 spiro atoms. The van der Waals surface area contributed by atoms with Crippen LogP contribution in [0.25, 0.3) is 0 Å². The molecule has 1 saturated heterocycles. The van der Waals surface area contributed by atoms with E-state index in [2.05, 4.69) is 27.3 Å². The van der Waals surface area contributed by atoms with Gasteiger partial charge in [-0.3, -0.25) is 4.79 Å². The van der Waals surface area contributed by atoms with Crippen LogP contribution < -0.4 is 10.2 Å². The van der Waals surface area contributed by atoms with Gasteiger partial charge in [0, 0.05) is 35.3 Å². The molecule has 1 aromatic carbocycles. The maximum atomic E-state index is 12.2. The number of carbonyl (C=O) groups excluding carboxylic acids is 1. The SMILES string of the molecule is CC(C)=CC(=O)c1ccc(Sc2cc(N3CCOCC3)cc(Nc3ncc(C#N)s3)n2)cc1. The monoisotopic (exact) mass is 477 g/mol. The Morgan fingerprint density at radius 1 is 1.24 bits per heavy atom. The summed E-state index contributed by atoms with van der Waals surface area (Å²) in [5.41, 5.74) is 2.69. The Morgan fingerprint density at radius 3 is 2.67 bits per heavy atom. The number of hydrogen-bond acceptors (Lipinski definition) is 9. The molecule has 7 nitrogen and oxygen atoms in total. The van der Waals surface area contributed by atoms with Crippen molar-refractivity contribution in [3.63, 3.8) is 0 Å². The fraction of sp³-hybridized carbons (Fsp3) is 0.250. The summed E-state index contributed by atoms with van der Waals surface area (Å²) in [5, 5.41) is 13.7. The van der Waals surface area contributed by atoms with E-state index in [1.807, 2.05) is 44.2 Å². The van der Waals surface area contributed by atoms with Crippen LogP contribution >= 0.6 is 23.1 Å². The molecule has 4 rings (SSSR count). The molecule has 1 aliphatic rings. The molecular formula is C24H23N5O2S2. The number of ether oxygens (including phenoxy) is 1. The van der Waals surface area contributed by atoms with Crippen LogP contribution in [0.1, 0.15) is 29.1 Å². The Bertz CT molecular complexity index is 1200. The standard InChI is InChI=1S/C24H23N5O2S2/c1-16(2)11-21(30)17-3-5-19(6-4-17)32-23-13-18(29-7-9-31-10-8-29)12-22(27-23)28-24-26-15-20(14-25)33-24/h3-6,11-13,15H,7-10H2,1-2H3,(H,26,27,28). The summed E-state index contributed by atoms with van der Waals surface area (Å²) in [5.74, 6) is 0.668. The van der Waals surface area contributed by atoms with Gasteiger partial charge in [-0.15, -0.1) is 0 Å². The van der Waals surface area contributed by atoms with Gasteiger partial charge in [-0.2, -0.15) is 5.26 Å². The van der Waals surface area contributed by atoms with Gasteiger partial charge in [0.25, 0.3) is 0 Å². The van der Waals surface area contributed by atoms with Crippen LogP contribution in [0, 0.1) is 11.3 Å². The van der Waals surface area contributed by atoms with Crippen LogP contribution in [0.4, 0.5) is 16.6 Å². The lowest BCUT2D eigenvalue weighted by Gasteiger charge is -2.29. The predicted molar refractivity (Wildman–Crippen MR) is 132 cm³/mol. The van der Waals surface area contributed by atoms with E-state index < -0.39 is 0 Å². The second kappa shape index (κ2) is 10.6. The summed E-state index contributed by atoms with van der Waals surface area (Å²) in [7, 11) is 0. The number of benzene rings is 1. The lowest BCUT2D eigenvalue weighted by molar-refractivity contribution is 0.104. The van der Waals surface area contributed by atoms with Crippen LogP contribution in [0.3, 0.4) is 0 Å². The van der Waals surface area contributed by atoms with E-state index in [1.165, 1.54) is 23.1 Å². The van der Waals surface area contributed by atoms with Crippen LogP contribution in [-0.4, -0.2) is 42.1 Å². The minimum Gasteiger partial charge on any atom is -0.378 e. The number of thiazole rings is 1. The van der Waals surface area contributed by atoms with Gasteiger partial charge in [0.1, 0.15) is 21.8 Å². The van der Waals surface area contributed by atoms with Gasteiger partial charge in [-0.1, -0.05) is 28.7 Å². The molecule has 168 valence electrons. The highest BCUT2D eigenvalue weighted by atomic mass is 32.2. The molecule has 33 heavy (non-hydrogen) atoms. The minimum absolute atomic E-state index is 0.00524. The van der Waals surface area contributed by atoms with Crippen LogP contribution in [0.15, 0.2) is 64.2 Å². The zero-order chi connectivity index (χ0) is 23.2. The number of morpholine rings is 1. The normalized spacial score (nSPS) is 13.3. The highest BCUT2D eigenvalue weighted by molar-refractivity contribution is 7.99. The Labute approximate surface area is 201 Å². The molecule has 0 unspecified atom stereocenters. The van der Waals surface area contributed by atoms with Gasteiger partial charge in [0.05, 0.1) is 19.4 Å². The number of aromatic nitrogens is 2. The predicted octanol–water partition coefficient (Wildman–Crippen LogP) is 5.29. The number of rotatable bonds is 7. The van der Waals surface area contributed by atoms with Gasteiger partial charge in [-0.05, 0) is 50.3 Å². The van der Waals surface area contributed by atoms with Crippen LogP contribution in [0.5, 0.6) is 0 Å². The van der Waals surface area contributed by atoms with E-state index in [-0.39, 0.29) is 5.78 Å². The summed E-state index contributed by atoms with van der Waals surface area (Å²) in [6, 6.07) is 13.7. The third-order valence-corrected chi connectivity index (χ3v) is 6.54. The van der Waals surface area contributed by atoms with Crippen molar-refractivity contribution in [2.75, 3.05) is 36.5 Å². The van der Waals surface area contributed by atoms with E-state index in [9.17, 15) is 4.79 Å². The first-order chi connectivity index (χ1) is 16.0. The van der Waals surface area contributed by atoms with Crippen molar-refractivity contribution in [3.8, 4) is 6.07 Å². The summed E-state index contributed by atoms with van der Waals surface area (Å²) in [6.45, 7) is 6.82. The van der Waals surface area contributed by atoms with Gasteiger partial charge in [-0.25, -0.2) is 9.97 Å². The third-order valence-electron chi connectivity index (χ3n) is 4.79. The van der Waals surface area contributed by atoms with Crippen molar-refractivity contribution >= 4 is 45.5 Å². The topological polar surface area (TPSA) is 91.1 Å². The zero-order valence-corrected chi connectivity index (χ0v) is 20.0. The second-order valence-electron chi connectivity index (χ2n) is 7.63. The lowest BCUT2D eigenvalue weighted by Crippen LogP contribution is -2.36. The summed E-state index contributed by atoms with van der Waals surface area (Å²) < 4.78 is 5.49. The molecule has 0 aliphatic carbocycles. The molecule has 1 N–H and O–H groups in total. The fourth-order valence-electron chi connectivity index (χ4n) is 3.26. The average Bonchev–Trinajstić information content (AvgIpc) is 3.27. The fourth-order valence-corrected chi connectivity index (χ4v) is 4.72. The molecule has 1 fully saturated rings. The maximum Gasteiger partial charge on any atom is 0.189 e. The Balaban J connectivity index is 1.58. The van der Waals surface area contributed by atoms with E-state index in [4.69, 9.17) is 15.0 Å². The largest absolute Gasteiger partial charge is 0.378 e. The highest BCUT2D eigenvalue weighted by Gasteiger charge is 2.15. The van der Waals surface area contributed by atoms with E-state index in [1.54, 1.807) is 12.3 Å². The van der Waals surface area contributed by atoms with Gasteiger partial charge in [0.2, 0.25) is 0 Å². The zero-order valence-electron chi connectivity index (χ0n) is 18.4. The second-order valence-corrected chi connectivity index (χ2v) is 9.75. The number of hydrogen-bond donors (Lipinski definition) is 1. The number of pyridine rings is 1. The average molecular weight is 478 g/mol. The number of allylic oxidation sites excluding steroid dienone is 2. The number of nitrogens with one attached hydrogen (secondary N) is 1. The summed E-state index contributed by atoms with van der Waals surface area (Å²) in [4.78, 5) is 25.0. The smallest absolute Gasteiger partial charge is 0.189 e. The Kier molecular flexibility index (Phi) is 7.40. The van der Waals surface area contributed by atoms with Crippen molar-refractivity contribution in [1.29, 1.82) is 5.26 Å². The molecule has 2 aromatic heterocycles. The molecule has 0 saturated carbocycles. The third kappa shape index (κ3) is 6.20. The molecule has 3 heterocycles. The van der Waals surface area contributed by atoms with E-state index in [0.29, 0.717) is 34.6 Å². The lowest BCUT2D eigenvalue weighted by atomic mass is 10.1. The van der Waals surface area contributed by atoms with Gasteiger partial charge >= 0.3 is 0 Å². The van der Waals surface area contributed by atoms with Crippen molar-refractivity contribution in [2.24, 2.45) is 0 Å². The summed E-state index contributed by atoms with van der Waals surface area (Å²) >= 11 is 2.82. The molecule has 0 atom stereocenters. The van der Waals surface area contributed by atoms with Crippen molar-refractivity contribution < 1.29 is 9.53 Å². The molecule has 0 radical (unpaired) electrons. The number of ketones is 1. The van der Waals surface area contributed by atoms with Crippen LogP contribution in [0.2, 0.25) is 0 Å². The Hall–Kier alpha value is -3.19. The van der Waals surface area contributed by atoms with E-state index >= 15 is 0 Å². The first-order valence-electron chi connectivity index (χ1n) is 10.4. The maximum absolute atomic E-state index is 12.2.